The highest BCUT2D eigenvalue weighted by Crippen LogP contribution is 2.33. The zero-order valence-electron chi connectivity index (χ0n) is 14.3. The average Bonchev–Trinajstić information content (AvgIpc) is 3.06. The molecule has 0 spiro atoms. The Kier molecular flexibility index (Phi) is 5.04. The van der Waals surface area contributed by atoms with Crippen LogP contribution in [0.5, 0.6) is 11.5 Å². The van der Waals surface area contributed by atoms with E-state index >= 15 is 0 Å². The number of hydrogen-bond acceptors (Lipinski definition) is 6. The van der Waals surface area contributed by atoms with Crippen molar-refractivity contribution in [3.8, 4) is 11.5 Å². The number of aromatic nitrogens is 1. The van der Waals surface area contributed by atoms with Gasteiger partial charge in [-0.15, -0.1) is 0 Å². The van der Waals surface area contributed by atoms with Gasteiger partial charge in [0, 0.05) is 18.8 Å². The molecule has 1 amide bonds. The van der Waals surface area contributed by atoms with Gasteiger partial charge >= 0.3 is 0 Å². The van der Waals surface area contributed by atoms with Crippen molar-refractivity contribution < 1.29 is 14.3 Å². The monoisotopic (exact) mass is 357 g/mol. The smallest absolute Gasteiger partial charge is 0.243 e. The van der Waals surface area contributed by atoms with Crippen LogP contribution in [0.1, 0.15) is 0 Å². The molecular weight excluding hydrogens is 338 g/mol. The molecule has 1 heterocycles. The molecule has 1 N–H and O–H groups in total. The Labute approximate surface area is 150 Å². The summed E-state index contributed by atoms with van der Waals surface area (Å²) in [6, 6.07) is 13.1. The number of fused-ring (bicyclic) bond motifs is 1. The first-order valence-corrected chi connectivity index (χ1v) is 8.51. The van der Waals surface area contributed by atoms with Crippen LogP contribution in [0.4, 0.5) is 10.8 Å². The van der Waals surface area contributed by atoms with E-state index in [4.69, 9.17) is 9.47 Å². The predicted octanol–water partition coefficient (Wildman–Crippen LogP) is 3.39. The SMILES string of the molecule is COc1cccc(NC(=O)CN(C)c2nc3c(OC)cccc3s2)c1. The fourth-order valence-electron chi connectivity index (χ4n) is 2.42. The van der Waals surface area contributed by atoms with Crippen molar-refractivity contribution in [3.63, 3.8) is 0 Å². The average molecular weight is 357 g/mol. The highest BCUT2D eigenvalue weighted by Gasteiger charge is 2.14. The largest absolute Gasteiger partial charge is 0.497 e. The number of ether oxygens (including phenoxy) is 2. The Bertz CT molecular complexity index is 894. The number of anilines is 2. The molecule has 0 atom stereocenters. The van der Waals surface area contributed by atoms with Crippen molar-refractivity contribution >= 4 is 38.3 Å². The van der Waals surface area contributed by atoms with E-state index in [9.17, 15) is 4.79 Å². The standard InChI is InChI=1S/C18H19N3O3S/c1-21(11-16(22)19-12-6-4-7-13(10-12)23-2)18-20-17-14(24-3)8-5-9-15(17)25-18/h4-10H,11H2,1-3H3,(H,19,22). The number of carbonyl (C=O) groups excluding carboxylic acids is 1. The number of methoxy groups -OCH3 is 2. The lowest BCUT2D eigenvalue weighted by molar-refractivity contribution is -0.114. The summed E-state index contributed by atoms with van der Waals surface area (Å²) in [5.74, 6) is 1.31. The molecule has 6 nitrogen and oxygen atoms in total. The van der Waals surface area contributed by atoms with E-state index in [2.05, 4.69) is 10.3 Å². The molecular formula is C18H19N3O3S. The van der Waals surface area contributed by atoms with Gasteiger partial charge in [-0.1, -0.05) is 23.5 Å². The van der Waals surface area contributed by atoms with E-state index in [1.807, 2.05) is 48.3 Å². The van der Waals surface area contributed by atoms with Gasteiger partial charge in [0.1, 0.15) is 17.0 Å². The number of rotatable bonds is 6. The molecule has 0 saturated carbocycles. The van der Waals surface area contributed by atoms with Gasteiger partial charge in [0.25, 0.3) is 0 Å². The summed E-state index contributed by atoms with van der Waals surface area (Å²) in [4.78, 5) is 18.7. The first kappa shape index (κ1) is 17.0. The normalized spacial score (nSPS) is 10.5. The minimum atomic E-state index is -0.123. The maximum absolute atomic E-state index is 12.3. The lowest BCUT2D eigenvalue weighted by atomic mass is 10.3. The van der Waals surface area contributed by atoms with Crippen LogP contribution in [0.2, 0.25) is 0 Å². The molecule has 2 aromatic carbocycles. The molecule has 0 aliphatic heterocycles. The summed E-state index contributed by atoms with van der Waals surface area (Å²) in [7, 11) is 5.06. The summed E-state index contributed by atoms with van der Waals surface area (Å²) in [6.45, 7) is 0.194. The van der Waals surface area contributed by atoms with Crippen LogP contribution in [0.25, 0.3) is 10.2 Å². The zero-order chi connectivity index (χ0) is 17.8. The van der Waals surface area contributed by atoms with Crippen molar-refractivity contribution in [2.24, 2.45) is 0 Å². The molecule has 0 bridgehead atoms. The minimum Gasteiger partial charge on any atom is -0.497 e. The number of hydrogen-bond donors (Lipinski definition) is 1. The summed E-state index contributed by atoms with van der Waals surface area (Å²) in [6.07, 6.45) is 0. The summed E-state index contributed by atoms with van der Waals surface area (Å²) >= 11 is 1.52. The Morgan fingerprint density at radius 2 is 2.00 bits per heavy atom. The number of carbonyl (C=O) groups is 1. The highest BCUT2D eigenvalue weighted by atomic mass is 32.1. The Morgan fingerprint density at radius 1 is 1.20 bits per heavy atom. The second-order valence-electron chi connectivity index (χ2n) is 5.44. The van der Waals surface area contributed by atoms with E-state index in [-0.39, 0.29) is 12.5 Å². The Balaban J connectivity index is 1.71. The number of nitrogens with zero attached hydrogens (tertiary/aromatic N) is 2. The molecule has 0 aliphatic carbocycles. The summed E-state index contributed by atoms with van der Waals surface area (Å²) < 4.78 is 11.5. The molecule has 0 fully saturated rings. The minimum absolute atomic E-state index is 0.123. The number of amides is 1. The number of para-hydroxylation sites is 1. The van der Waals surface area contributed by atoms with Crippen LogP contribution in [-0.4, -0.2) is 38.7 Å². The van der Waals surface area contributed by atoms with Crippen LogP contribution >= 0.6 is 11.3 Å². The maximum atomic E-state index is 12.3. The Hall–Kier alpha value is -2.80. The van der Waals surface area contributed by atoms with E-state index in [0.29, 0.717) is 11.4 Å². The van der Waals surface area contributed by atoms with Crippen molar-refractivity contribution in [1.82, 2.24) is 4.98 Å². The summed E-state index contributed by atoms with van der Waals surface area (Å²) in [5.41, 5.74) is 1.51. The fraction of sp³-hybridized carbons (Fsp3) is 0.222. The highest BCUT2D eigenvalue weighted by molar-refractivity contribution is 7.22. The van der Waals surface area contributed by atoms with Crippen LogP contribution in [0.3, 0.4) is 0 Å². The first-order valence-electron chi connectivity index (χ1n) is 7.69. The van der Waals surface area contributed by atoms with Crippen LogP contribution in [0.15, 0.2) is 42.5 Å². The molecule has 0 saturated heterocycles. The molecule has 0 unspecified atom stereocenters. The van der Waals surface area contributed by atoms with Gasteiger partial charge in [0.15, 0.2) is 5.13 Å². The summed E-state index contributed by atoms with van der Waals surface area (Å²) in [5, 5.41) is 3.63. The second kappa shape index (κ2) is 7.40. The molecule has 3 rings (SSSR count). The van der Waals surface area contributed by atoms with Crippen LogP contribution < -0.4 is 19.7 Å². The molecule has 25 heavy (non-hydrogen) atoms. The van der Waals surface area contributed by atoms with Gasteiger partial charge in [0.05, 0.1) is 25.5 Å². The maximum Gasteiger partial charge on any atom is 0.243 e. The number of likely N-dealkylation sites (N-methyl/N-ethyl adjacent to an activating group) is 1. The van der Waals surface area contributed by atoms with Gasteiger partial charge in [-0.2, -0.15) is 0 Å². The van der Waals surface area contributed by atoms with Gasteiger partial charge in [-0.3, -0.25) is 4.79 Å². The third-order valence-corrected chi connectivity index (χ3v) is 4.79. The topological polar surface area (TPSA) is 63.7 Å². The second-order valence-corrected chi connectivity index (χ2v) is 6.45. The zero-order valence-corrected chi connectivity index (χ0v) is 15.1. The first-order chi connectivity index (χ1) is 12.1. The van der Waals surface area contributed by atoms with Crippen LogP contribution in [-0.2, 0) is 4.79 Å². The molecule has 3 aromatic rings. The van der Waals surface area contributed by atoms with Gasteiger partial charge in [0.2, 0.25) is 5.91 Å². The molecule has 130 valence electrons. The van der Waals surface area contributed by atoms with Crippen molar-refractivity contribution in [2.75, 3.05) is 38.0 Å². The lowest BCUT2D eigenvalue weighted by Gasteiger charge is -2.15. The fourth-order valence-corrected chi connectivity index (χ4v) is 3.37. The quantitative estimate of drug-likeness (QED) is 0.733. The van der Waals surface area contributed by atoms with E-state index in [1.165, 1.54) is 11.3 Å². The van der Waals surface area contributed by atoms with Crippen molar-refractivity contribution in [2.45, 2.75) is 0 Å². The third kappa shape index (κ3) is 3.83. The third-order valence-electron chi connectivity index (χ3n) is 3.65. The van der Waals surface area contributed by atoms with Crippen LogP contribution in [0, 0.1) is 0 Å². The Morgan fingerprint density at radius 3 is 2.76 bits per heavy atom. The lowest BCUT2D eigenvalue weighted by Crippen LogP contribution is -2.29. The number of benzene rings is 2. The van der Waals surface area contributed by atoms with Gasteiger partial charge in [-0.05, 0) is 24.3 Å². The molecule has 7 heteroatoms. The van der Waals surface area contributed by atoms with Crippen molar-refractivity contribution in [1.29, 1.82) is 0 Å². The van der Waals surface area contributed by atoms with E-state index in [1.54, 1.807) is 20.3 Å². The molecule has 1 aromatic heterocycles. The van der Waals surface area contributed by atoms with Crippen molar-refractivity contribution in [3.05, 3.63) is 42.5 Å². The molecule has 0 aliphatic rings. The van der Waals surface area contributed by atoms with E-state index < -0.39 is 0 Å². The number of nitrogens with one attached hydrogen (secondary N) is 1. The molecule has 0 radical (unpaired) electrons. The van der Waals surface area contributed by atoms with Gasteiger partial charge in [-0.25, -0.2) is 4.98 Å². The van der Waals surface area contributed by atoms with E-state index in [0.717, 1.165) is 21.1 Å². The predicted molar refractivity (Wildman–Crippen MR) is 101 cm³/mol. The number of thiazole rings is 1. The van der Waals surface area contributed by atoms with Gasteiger partial charge < -0.3 is 19.7 Å².